The lowest BCUT2D eigenvalue weighted by atomic mass is 9.78. The minimum atomic E-state index is -0.273. The van der Waals surface area contributed by atoms with E-state index in [1.165, 1.54) is 11.1 Å². The zero-order valence-corrected chi connectivity index (χ0v) is 14.3. The van der Waals surface area contributed by atoms with Crippen LogP contribution in [-0.4, -0.2) is 21.5 Å². The van der Waals surface area contributed by atoms with Crippen molar-refractivity contribution >= 4 is 23.2 Å². The third-order valence-electron chi connectivity index (χ3n) is 3.94. The molecule has 0 fully saturated rings. The maximum Gasteiger partial charge on any atom is 0.0634 e. The molecule has 2 aromatic rings. The minimum Gasteiger partial charge on any atom is -0.270 e. The smallest absolute Gasteiger partial charge is 0.0634 e. The van der Waals surface area contributed by atoms with Gasteiger partial charge in [0.15, 0.2) is 0 Å². The van der Waals surface area contributed by atoms with E-state index in [1.807, 2.05) is 23.0 Å². The number of nitrogens with zero attached hydrogens (tertiary/aromatic N) is 2. The van der Waals surface area contributed by atoms with E-state index in [0.29, 0.717) is 17.8 Å². The summed E-state index contributed by atoms with van der Waals surface area (Å²) in [6.45, 7) is 6.35. The number of aryl methyl sites for hydroxylation is 1. The van der Waals surface area contributed by atoms with E-state index in [0.717, 1.165) is 12.1 Å². The third-order valence-corrected chi connectivity index (χ3v) is 4.96. The number of hydrogen-bond acceptors (Lipinski definition) is 1. The Morgan fingerprint density at radius 2 is 1.81 bits per heavy atom. The van der Waals surface area contributed by atoms with Crippen LogP contribution in [0.3, 0.4) is 0 Å². The second-order valence-electron chi connectivity index (χ2n) is 5.92. The molecular formula is C17H22Cl2N2. The highest BCUT2D eigenvalue weighted by molar-refractivity contribution is 6.22. The van der Waals surface area contributed by atoms with Crippen molar-refractivity contribution in [1.29, 1.82) is 0 Å². The summed E-state index contributed by atoms with van der Waals surface area (Å²) in [6, 6.07) is 10.7. The zero-order chi connectivity index (χ0) is 15.5. The van der Waals surface area contributed by atoms with Gasteiger partial charge in [-0.3, -0.25) is 4.68 Å². The van der Waals surface area contributed by atoms with E-state index >= 15 is 0 Å². The van der Waals surface area contributed by atoms with E-state index in [1.54, 1.807) is 0 Å². The molecule has 0 bridgehead atoms. The van der Waals surface area contributed by atoms with Gasteiger partial charge in [-0.05, 0) is 38.0 Å². The number of halogens is 2. The van der Waals surface area contributed by atoms with Crippen molar-refractivity contribution in [3.8, 4) is 0 Å². The fourth-order valence-electron chi connectivity index (χ4n) is 2.64. The first-order chi connectivity index (χ1) is 10.0. The Hall–Kier alpha value is -0.990. The molecule has 1 aromatic heterocycles. The lowest BCUT2D eigenvalue weighted by molar-refractivity contribution is 0.495. The highest BCUT2D eigenvalue weighted by Gasteiger charge is 2.33. The zero-order valence-electron chi connectivity index (χ0n) is 12.8. The third kappa shape index (κ3) is 3.44. The molecule has 0 saturated carbocycles. The molecule has 0 aliphatic carbocycles. The van der Waals surface area contributed by atoms with Crippen LogP contribution >= 0.6 is 23.2 Å². The normalized spacial score (nSPS) is 12.1. The van der Waals surface area contributed by atoms with Crippen molar-refractivity contribution in [2.75, 3.05) is 11.8 Å². The second-order valence-corrected chi connectivity index (χ2v) is 6.45. The van der Waals surface area contributed by atoms with Gasteiger partial charge in [0, 0.05) is 35.8 Å². The monoisotopic (exact) mass is 324 g/mol. The first kappa shape index (κ1) is 16.4. The summed E-state index contributed by atoms with van der Waals surface area (Å²) >= 11 is 12.7. The van der Waals surface area contributed by atoms with Crippen LogP contribution in [-0.2, 0) is 11.8 Å². The van der Waals surface area contributed by atoms with Gasteiger partial charge in [-0.15, -0.1) is 23.2 Å². The summed E-state index contributed by atoms with van der Waals surface area (Å²) < 4.78 is 1.97. The largest absolute Gasteiger partial charge is 0.270 e. The molecule has 0 N–H and O–H groups in total. The molecule has 0 radical (unpaired) electrons. The van der Waals surface area contributed by atoms with E-state index < -0.39 is 0 Å². The van der Waals surface area contributed by atoms with Crippen LogP contribution in [0, 0.1) is 6.92 Å². The molecule has 0 unspecified atom stereocenters. The maximum atomic E-state index is 6.33. The van der Waals surface area contributed by atoms with Gasteiger partial charge >= 0.3 is 0 Å². The SMILES string of the molecule is Cc1ccccc1C(CCl)(CCl)Cc1ccn(C(C)C)n1. The van der Waals surface area contributed by atoms with Gasteiger partial charge < -0.3 is 0 Å². The highest BCUT2D eigenvalue weighted by Crippen LogP contribution is 2.33. The summed E-state index contributed by atoms with van der Waals surface area (Å²) in [5.74, 6) is 0.964. The summed E-state index contributed by atoms with van der Waals surface area (Å²) in [6.07, 6.45) is 2.77. The van der Waals surface area contributed by atoms with Gasteiger partial charge in [-0.1, -0.05) is 24.3 Å². The Labute approximate surface area is 137 Å². The van der Waals surface area contributed by atoms with Crippen molar-refractivity contribution in [1.82, 2.24) is 9.78 Å². The number of benzene rings is 1. The Bertz CT molecular complexity index is 586. The van der Waals surface area contributed by atoms with Crippen molar-refractivity contribution in [3.63, 3.8) is 0 Å². The fraction of sp³-hybridized carbons (Fsp3) is 0.471. The lowest BCUT2D eigenvalue weighted by Crippen LogP contribution is -2.34. The first-order valence-corrected chi connectivity index (χ1v) is 8.31. The first-order valence-electron chi connectivity index (χ1n) is 7.24. The number of alkyl halides is 2. The molecule has 0 aliphatic heterocycles. The van der Waals surface area contributed by atoms with Crippen molar-refractivity contribution in [2.45, 2.75) is 38.6 Å². The average Bonchev–Trinajstić information content (AvgIpc) is 2.94. The number of aromatic nitrogens is 2. The van der Waals surface area contributed by atoms with Crippen LogP contribution in [0.15, 0.2) is 36.5 Å². The van der Waals surface area contributed by atoms with Gasteiger partial charge in [0.05, 0.1) is 5.69 Å². The molecule has 2 nitrogen and oxygen atoms in total. The molecule has 1 heterocycles. The van der Waals surface area contributed by atoms with Gasteiger partial charge in [-0.2, -0.15) is 5.10 Å². The Balaban J connectivity index is 2.36. The lowest BCUT2D eigenvalue weighted by Gasteiger charge is -2.31. The molecule has 0 aliphatic rings. The van der Waals surface area contributed by atoms with Gasteiger partial charge in [-0.25, -0.2) is 0 Å². The fourth-order valence-corrected chi connectivity index (χ4v) is 3.41. The van der Waals surface area contributed by atoms with Crippen LogP contribution in [0.25, 0.3) is 0 Å². The van der Waals surface area contributed by atoms with Crippen molar-refractivity contribution in [3.05, 3.63) is 53.3 Å². The van der Waals surface area contributed by atoms with E-state index in [-0.39, 0.29) is 5.41 Å². The van der Waals surface area contributed by atoms with Gasteiger partial charge in [0.1, 0.15) is 0 Å². The topological polar surface area (TPSA) is 17.8 Å². The average molecular weight is 325 g/mol. The van der Waals surface area contributed by atoms with E-state index in [2.05, 4.69) is 44.1 Å². The van der Waals surface area contributed by atoms with Crippen molar-refractivity contribution in [2.24, 2.45) is 0 Å². The minimum absolute atomic E-state index is 0.273. The molecule has 0 amide bonds. The number of rotatable bonds is 6. The van der Waals surface area contributed by atoms with Crippen molar-refractivity contribution < 1.29 is 0 Å². The highest BCUT2D eigenvalue weighted by atomic mass is 35.5. The number of hydrogen-bond donors (Lipinski definition) is 0. The van der Waals surface area contributed by atoms with E-state index in [4.69, 9.17) is 23.2 Å². The van der Waals surface area contributed by atoms with Gasteiger partial charge in [0.2, 0.25) is 0 Å². The predicted molar refractivity (Wildman–Crippen MR) is 90.6 cm³/mol. The second kappa shape index (κ2) is 6.85. The van der Waals surface area contributed by atoms with Crippen LogP contribution in [0.5, 0.6) is 0 Å². The van der Waals surface area contributed by atoms with Crippen LogP contribution in [0.4, 0.5) is 0 Å². The molecule has 2 rings (SSSR count). The Morgan fingerprint density at radius 1 is 1.14 bits per heavy atom. The summed E-state index contributed by atoms with van der Waals surface area (Å²) in [5, 5.41) is 4.65. The quantitative estimate of drug-likeness (QED) is 0.702. The standard InChI is InChI=1S/C17H22Cl2N2/c1-13(2)21-9-8-15(20-21)10-17(11-18,12-19)16-7-5-4-6-14(16)3/h4-9,13H,10-12H2,1-3H3. The predicted octanol–water partition coefficient (Wildman–Crippen LogP) is 4.73. The molecule has 114 valence electrons. The van der Waals surface area contributed by atoms with Crippen LogP contribution in [0.1, 0.15) is 36.7 Å². The molecule has 21 heavy (non-hydrogen) atoms. The Kier molecular flexibility index (Phi) is 5.34. The maximum absolute atomic E-state index is 6.33. The molecular weight excluding hydrogens is 303 g/mol. The Morgan fingerprint density at radius 3 is 2.33 bits per heavy atom. The summed E-state index contributed by atoms with van der Waals surface area (Å²) in [5.41, 5.74) is 3.20. The molecule has 0 spiro atoms. The van der Waals surface area contributed by atoms with Crippen LogP contribution < -0.4 is 0 Å². The molecule has 0 saturated heterocycles. The van der Waals surface area contributed by atoms with Gasteiger partial charge in [0.25, 0.3) is 0 Å². The summed E-state index contributed by atoms with van der Waals surface area (Å²) in [7, 11) is 0. The molecule has 1 aromatic carbocycles. The molecule has 4 heteroatoms. The summed E-state index contributed by atoms with van der Waals surface area (Å²) in [4.78, 5) is 0. The van der Waals surface area contributed by atoms with Crippen LogP contribution in [0.2, 0.25) is 0 Å². The molecule has 0 atom stereocenters. The van der Waals surface area contributed by atoms with E-state index in [9.17, 15) is 0 Å².